The molecule has 2 aliphatic rings. The van der Waals surface area contributed by atoms with Crippen LogP contribution in [0.25, 0.3) is 44.1 Å². The van der Waals surface area contributed by atoms with Gasteiger partial charge < -0.3 is 5.32 Å². The van der Waals surface area contributed by atoms with Crippen molar-refractivity contribution in [2.45, 2.75) is 77.6 Å². The number of anilines is 1. The molecule has 0 radical (unpaired) electrons. The molecule has 0 amide bonds. The zero-order valence-corrected chi connectivity index (χ0v) is 32.5. The molecular formula is C47H48N2P2. The van der Waals surface area contributed by atoms with Gasteiger partial charge in [0.25, 0.3) is 0 Å². The Morgan fingerprint density at radius 3 is 1.76 bits per heavy atom. The molecule has 1 aromatic heterocycles. The molecule has 2 heterocycles. The molecule has 51 heavy (non-hydrogen) atoms. The Hall–Kier alpha value is -4.09. The van der Waals surface area contributed by atoms with Gasteiger partial charge in [-0.1, -0.05) is 134 Å². The lowest BCUT2D eigenvalue weighted by Crippen LogP contribution is -2.28. The molecule has 3 atom stereocenters. The molecule has 8 rings (SSSR count). The first-order valence-corrected chi connectivity index (χ1v) is 21.7. The zero-order chi connectivity index (χ0) is 35.2. The smallest absolute Gasteiger partial charge is 0.0745 e. The van der Waals surface area contributed by atoms with E-state index in [1.165, 1.54) is 71.8 Å². The highest BCUT2D eigenvalue weighted by molar-refractivity contribution is 7.66. The highest BCUT2D eigenvalue weighted by atomic mass is 31.1. The second kappa shape index (κ2) is 14.1. The van der Waals surface area contributed by atoms with Crippen LogP contribution in [0, 0.1) is 6.92 Å². The number of nitrogens with zero attached hydrogens (tertiary/aromatic N) is 1. The van der Waals surface area contributed by atoms with Crippen molar-refractivity contribution < 1.29 is 0 Å². The van der Waals surface area contributed by atoms with Gasteiger partial charge in [0, 0.05) is 16.5 Å². The molecule has 2 bridgehead atoms. The second-order valence-electron chi connectivity index (χ2n) is 15.0. The Morgan fingerprint density at radius 2 is 1.20 bits per heavy atom. The first kappa shape index (κ1) is 34.0. The second-order valence-corrected chi connectivity index (χ2v) is 20.6. The molecule has 2 nitrogen and oxygen atoms in total. The number of pyridine rings is 1. The van der Waals surface area contributed by atoms with Crippen molar-refractivity contribution in [1.82, 2.24) is 4.98 Å². The van der Waals surface area contributed by atoms with Crippen LogP contribution >= 0.6 is 15.8 Å². The van der Waals surface area contributed by atoms with Crippen LogP contribution in [0.5, 0.6) is 0 Å². The minimum Gasteiger partial charge on any atom is -0.377 e. The monoisotopic (exact) mass is 702 g/mol. The molecule has 0 spiro atoms. The number of aryl methyl sites for hydroxylation is 1. The molecule has 0 saturated heterocycles. The summed E-state index contributed by atoms with van der Waals surface area (Å²) in [5.41, 5.74) is 15.2. The molecular weight excluding hydrogens is 654 g/mol. The fourth-order valence-corrected chi connectivity index (χ4v) is 13.2. The lowest BCUT2D eigenvalue weighted by molar-refractivity contribution is 0.853. The van der Waals surface area contributed by atoms with Crippen LogP contribution in [0.4, 0.5) is 5.69 Å². The predicted molar refractivity (Wildman–Crippen MR) is 226 cm³/mol. The summed E-state index contributed by atoms with van der Waals surface area (Å²) < 4.78 is 0. The van der Waals surface area contributed by atoms with Crippen molar-refractivity contribution in [2.75, 3.05) is 5.32 Å². The third kappa shape index (κ3) is 6.82. The van der Waals surface area contributed by atoms with Gasteiger partial charge in [0.1, 0.15) is 0 Å². The molecule has 0 saturated carbocycles. The van der Waals surface area contributed by atoms with Gasteiger partial charge in [0.2, 0.25) is 0 Å². The van der Waals surface area contributed by atoms with E-state index in [1.54, 1.807) is 5.31 Å². The Morgan fingerprint density at radius 1 is 0.627 bits per heavy atom. The zero-order valence-electron chi connectivity index (χ0n) is 30.7. The van der Waals surface area contributed by atoms with Crippen molar-refractivity contribution in [3.8, 4) is 22.3 Å². The standard InChI is InChI=1S/C47H48N2P2/c1-30(2)50-28-40-25-36(34-13-9-7-10-14-34)23-38-27-39-24-37(35-15-11-8-12-16-35)26-41(47(39)49-46(38)40)29-51(31(3)4)45-22-33(6)18-20-43(45)48-42-19-17-32(5)21-44(42)50/h7-19,21-27,30-31,43,48H,20,28-29H2,1-6H3. The maximum atomic E-state index is 5.75. The fourth-order valence-electron chi connectivity index (χ4n) is 7.95. The first-order valence-electron chi connectivity index (χ1n) is 18.5. The van der Waals surface area contributed by atoms with E-state index in [2.05, 4.69) is 168 Å². The van der Waals surface area contributed by atoms with Gasteiger partial charge in [0.05, 0.1) is 17.1 Å². The molecule has 1 N–H and O–H groups in total. The Kier molecular flexibility index (Phi) is 9.44. The van der Waals surface area contributed by atoms with Gasteiger partial charge in [-0.25, -0.2) is 4.98 Å². The average molecular weight is 703 g/mol. The minimum absolute atomic E-state index is 0.274. The summed E-state index contributed by atoms with van der Waals surface area (Å²) >= 11 is 0. The molecule has 3 unspecified atom stereocenters. The van der Waals surface area contributed by atoms with E-state index in [0.29, 0.717) is 11.3 Å². The van der Waals surface area contributed by atoms with Crippen LogP contribution in [0.15, 0.2) is 132 Å². The van der Waals surface area contributed by atoms with Crippen LogP contribution in [0.3, 0.4) is 0 Å². The molecule has 6 aromatic rings. The van der Waals surface area contributed by atoms with Crippen molar-refractivity contribution in [2.24, 2.45) is 0 Å². The molecule has 1 aliphatic heterocycles. The minimum atomic E-state index is -0.556. The van der Waals surface area contributed by atoms with Gasteiger partial charge in [-0.15, -0.1) is 0 Å². The average Bonchev–Trinajstić information content (AvgIpc) is 3.13. The van der Waals surface area contributed by atoms with Gasteiger partial charge in [-0.2, -0.15) is 0 Å². The number of rotatable bonds is 4. The predicted octanol–water partition coefficient (Wildman–Crippen LogP) is 13.2. The third-order valence-corrected chi connectivity index (χ3v) is 16.6. The highest BCUT2D eigenvalue weighted by Gasteiger charge is 2.30. The number of nitrogens with one attached hydrogen (secondary N) is 1. The van der Waals surface area contributed by atoms with Crippen molar-refractivity contribution >= 4 is 48.6 Å². The van der Waals surface area contributed by atoms with E-state index in [1.807, 2.05) is 0 Å². The highest BCUT2D eigenvalue weighted by Crippen LogP contribution is 2.57. The number of allylic oxidation sites excluding steroid dienone is 2. The molecule has 5 aromatic carbocycles. The van der Waals surface area contributed by atoms with Crippen LogP contribution in [0.1, 0.15) is 57.7 Å². The lowest BCUT2D eigenvalue weighted by atomic mass is 9.96. The SMILES string of the molecule is CC1=CCC2Nc3ccc(C)cc3P(C(C)C)Cc3cc(-c4ccccc4)cc4cc5cc(-c6ccccc6)cc(c5nc34)CP(C(C)C)C2=C1. The van der Waals surface area contributed by atoms with Crippen LogP contribution in [-0.2, 0) is 12.3 Å². The maximum Gasteiger partial charge on any atom is 0.0745 e. The van der Waals surface area contributed by atoms with E-state index in [4.69, 9.17) is 4.98 Å². The van der Waals surface area contributed by atoms with E-state index < -0.39 is 15.8 Å². The van der Waals surface area contributed by atoms with E-state index in [0.717, 1.165) is 24.3 Å². The Balaban J connectivity index is 1.45. The lowest BCUT2D eigenvalue weighted by Gasteiger charge is -2.35. The van der Waals surface area contributed by atoms with Gasteiger partial charge in [0.15, 0.2) is 0 Å². The Bertz CT molecular complexity index is 2300. The summed E-state index contributed by atoms with van der Waals surface area (Å²) in [7, 11) is -1.07. The van der Waals surface area contributed by atoms with Gasteiger partial charge in [-0.3, -0.25) is 0 Å². The van der Waals surface area contributed by atoms with E-state index in [-0.39, 0.29) is 6.04 Å². The number of hydrogen-bond acceptors (Lipinski definition) is 2. The number of aromatic nitrogens is 1. The summed E-state index contributed by atoms with van der Waals surface area (Å²) in [5.74, 6) is 0. The summed E-state index contributed by atoms with van der Waals surface area (Å²) in [5, 5.41) is 9.74. The third-order valence-electron chi connectivity index (χ3n) is 10.6. The summed E-state index contributed by atoms with van der Waals surface area (Å²) in [4.78, 5) is 5.75. The number of benzene rings is 5. The number of hydrogen-bond donors (Lipinski definition) is 1. The molecule has 256 valence electrons. The molecule has 4 heteroatoms. The fraction of sp³-hybridized carbons (Fsp3) is 0.255. The summed E-state index contributed by atoms with van der Waals surface area (Å²) in [6, 6.07) is 41.3. The van der Waals surface area contributed by atoms with E-state index in [9.17, 15) is 0 Å². The topological polar surface area (TPSA) is 24.9 Å². The Labute approximate surface area is 306 Å². The van der Waals surface area contributed by atoms with Crippen LogP contribution in [-0.4, -0.2) is 22.3 Å². The van der Waals surface area contributed by atoms with Crippen molar-refractivity contribution in [3.05, 3.63) is 149 Å². The van der Waals surface area contributed by atoms with E-state index >= 15 is 0 Å². The van der Waals surface area contributed by atoms with Crippen molar-refractivity contribution in [3.63, 3.8) is 0 Å². The normalized spacial score (nSPS) is 19.1. The van der Waals surface area contributed by atoms with Crippen molar-refractivity contribution in [1.29, 1.82) is 0 Å². The number of fused-ring (bicyclic) bond motifs is 2. The van der Waals surface area contributed by atoms with Gasteiger partial charge >= 0.3 is 0 Å². The quantitative estimate of drug-likeness (QED) is 0.146. The largest absolute Gasteiger partial charge is 0.377 e. The van der Waals surface area contributed by atoms with Crippen LogP contribution in [0.2, 0.25) is 0 Å². The molecule has 0 fully saturated rings. The first-order chi connectivity index (χ1) is 24.7. The maximum absolute atomic E-state index is 5.75. The summed E-state index contributed by atoms with van der Waals surface area (Å²) in [6.45, 7) is 14.2. The van der Waals surface area contributed by atoms with Crippen LogP contribution < -0.4 is 10.6 Å². The molecule has 1 aliphatic carbocycles. The summed E-state index contributed by atoms with van der Waals surface area (Å²) in [6.07, 6.45) is 7.97. The van der Waals surface area contributed by atoms with Gasteiger partial charge in [-0.05, 0) is 130 Å².